The predicted octanol–water partition coefficient (Wildman–Crippen LogP) is 2.66. The highest BCUT2D eigenvalue weighted by Gasteiger charge is 2.21. The van der Waals surface area contributed by atoms with Crippen LogP contribution in [0.4, 0.5) is 0 Å². The van der Waals surface area contributed by atoms with E-state index in [4.69, 9.17) is 4.52 Å². The first kappa shape index (κ1) is 12.6. The molecule has 0 spiro atoms. The molecule has 17 heavy (non-hydrogen) atoms. The second kappa shape index (κ2) is 6.15. The fourth-order valence-corrected chi connectivity index (χ4v) is 2.54. The highest BCUT2D eigenvalue weighted by Crippen LogP contribution is 2.30. The molecule has 1 aromatic rings. The molecule has 1 aromatic heterocycles. The summed E-state index contributed by atoms with van der Waals surface area (Å²) in [6.45, 7) is 2.17. The lowest BCUT2D eigenvalue weighted by atomic mass is 9.89. The molecule has 2 rings (SSSR count). The van der Waals surface area contributed by atoms with E-state index in [0.29, 0.717) is 12.0 Å². The van der Waals surface area contributed by atoms with Gasteiger partial charge in [0.2, 0.25) is 5.89 Å². The maximum absolute atomic E-state index is 5.35. The standard InChI is InChI=1S/C13H23N3O/c1-3-11(14-2)9-12-15-13(16-17-12)10-7-5-4-6-8-10/h10-11,14H,3-9H2,1-2H3. The van der Waals surface area contributed by atoms with Crippen molar-refractivity contribution in [1.29, 1.82) is 0 Å². The molecule has 1 unspecified atom stereocenters. The Balaban J connectivity index is 1.94. The smallest absolute Gasteiger partial charge is 0.228 e. The van der Waals surface area contributed by atoms with Gasteiger partial charge in [-0.3, -0.25) is 0 Å². The number of nitrogens with one attached hydrogen (secondary N) is 1. The maximum atomic E-state index is 5.35. The van der Waals surface area contributed by atoms with Gasteiger partial charge in [-0.25, -0.2) is 0 Å². The number of hydrogen-bond donors (Lipinski definition) is 1. The minimum absolute atomic E-state index is 0.439. The molecule has 0 radical (unpaired) electrons. The number of rotatable bonds is 5. The van der Waals surface area contributed by atoms with Crippen LogP contribution in [0.3, 0.4) is 0 Å². The highest BCUT2D eigenvalue weighted by molar-refractivity contribution is 4.97. The highest BCUT2D eigenvalue weighted by atomic mass is 16.5. The Bertz CT molecular complexity index is 327. The molecule has 1 N–H and O–H groups in total. The molecule has 1 aliphatic carbocycles. The molecule has 1 heterocycles. The van der Waals surface area contributed by atoms with Gasteiger partial charge in [-0.1, -0.05) is 31.3 Å². The zero-order valence-corrected chi connectivity index (χ0v) is 10.9. The molecule has 0 aliphatic heterocycles. The van der Waals surface area contributed by atoms with Crippen LogP contribution in [-0.2, 0) is 6.42 Å². The van der Waals surface area contributed by atoms with Gasteiger partial charge < -0.3 is 9.84 Å². The quantitative estimate of drug-likeness (QED) is 0.855. The van der Waals surface area contributed by atoms with Gasteiger partial charge in [-0.2, -0.15) is 4.98 Å². The van der Waals surface area contributed by atoms with Crippen molar-refractivity contribution >= 4 is 0 Å². The Morgan fingerprint density at radius 1 is 1.35 bits per heavy atom. The Labute approximate surface area is 103 Å². The summed E-state index contributed by atoms with van der Waals surface area (Å²) < 4.78 is 5.35. The van der Waals surface area contributed by atoms with Gasteiger partial charge in [0.1, 0.15) is 0 Å². The third-order valence-electron chi connectivity index (χ3n) is 3.78. The molecule has 4 nitrogen and oxygen atoms in total. The van der Waals surface area contributed by atoms with Crippen molar-refractivity contribution in [2.24, 2.45) is 0 Å². The predicted molar refractivity (Wildman–Crippen MR) is 67.0 cm³/mol. The Morgan fingerprint density at radius 3 is 2.76 bits per heavy atom. The van der Waals surface area contributed by atoms with Crippen LogP contribution in [0, 0.1) is 0 Å². The van der Waals surface area contributed by atoms with E-state index in [0.717, 1.165) is 24.6 Å². The van der Waals surface area contributed by atoms with E-state index in [2.05, 4.69) is 22.4 Å². The van der Waals surface area contributed by atoms with Gasteiger partial charge in [-0.15, -0.1) is 0 Å². The topological polar surface area (TPSA) is 51.0 Å². The molecule has 1 saturated carbocycles. The van der Waals surface area contributed by atoms with Gasteiger partial charge in [-0.05, 0) is 26.3 Å². The lowest BCUT2D eigenvalue weighted by Gasteiger charge is -2.17. The minimum Gasteiger partial charge on any atom is -0.339 e. The summed E-state index contributed by atoms with van der Waals surface area (Å²) in [7, 11) is 1.98. The van der Waals surface area contributed by atoms with Gasteiger partial charge in [0, 0.05) is 18.4 Å². The molecular weight excluding hydrogens is 214 g/mol. The summed E-state index contributed by atoms with van der Waals surface area (Å²) >= 11 is 0. The molecule has 1 fully saturated rings. The first-order valence-electron chi connectivity index (χ1n) is 6.83. The van der Waals surface area contributed by atoms with Gasteiger partial charge in [0.25, 0.3) is 0 Å². The average Bonchev–Trinajstić information content (AvgIpc) is 2.85. The third kappa shape index (κ3) is 3.28. The van der Waals surface area contributed by atoms with Crippen molar-refractivity contribution in [2.45, 2.75) is 63.8 Å². The molecule has 96 valence electrons. The van der Waals surface area contributed by atoms with E-state index in [-0.39, 0.29) is 0 Å². The van der Waals surface area contributed by atoms with E-state index in [1.165, 1.54) is 32.1 Å². The number of likely N-dealkylation sites (N-methyl/N-ethyl adjacent to an activating group) is 1. The monoisotopic (exact) mass is 237 g/mol. The number of nitrogens with zero attached hydrogens (tertiary/aromatic N) is 2. The van der Waals surface area contributed by atoms with Crippen LogP contribution < -0.4 is 5.32 Å². The van der Waals surface area contributed by atoms with Crippen LogP contribution in [0.25, 0.3) is 0 Å². The van der Waals surface area contributed by atoms with Gasteiger partial charge >= 0.3 is 0 Å². The van der Waals surface area contributed by atoms with Crippen molar-refractivity contribution in [1.82, 2.24) is 15.5 Å². The first-order chi connectivity index (χ1) is 8.33. The summed E-state index contributed by atoms with van der Waals surface area (Å²) in [5.41, 5.74) is 0. The van der Waals surface area contributed by atoms with Crippen molar-refractivity contribution < 1.29 is 4.52 Å². The van der Waals surface area contributed by atoms with E-state index < -0.39 is 0 Å². The summed E-state index contributed by atoms with van der Waals surface area (Å²) in [4.78, 5) is 4.55. The van der Waals surface area contributed by atoms with E-state index in [9.17, 15) is 0 Å². The average molecular weight is 237 g/mol. The molecular formula is C13H23N3O. The van der Waals surface area contributed by atoms with Crippen LogP contribution in [0.2, 0.25) is 0 Å². The summed E-state index contributed by atoms with van der Waals surface area (Å²) in [5, 5.41) is 7.41. The molecule has 4 heteroatoms. The van der Waals surface area contributed by atoms with Crippen LogP contribution in [-0.4, -0.2) is 23.2 Å². The fraction of sp³-hybridized carbons (Fsp3) is 0.846. The Morgan fingerprint density at radius 2 is 2.12 bits per heavy atom. The molecule has 1 aliphatic rings. The number of hydrogen-bond acceptors (Lipinski definition) is 4. The van der Waals surface area contributed by atoms with Crippen molar-refractivity contribution in [3.63, 3.8) is 0 Å². The van der Waals surface area contributed by atoms with Crippen LogP contribution in [0.15, 0.2) is 4.52 Å². The largest absolute Gasteiger partial charge is 0.339 e. The SMILES string of the molecule is CCC(Cc1nc(C2CCCCC2)no1)NC. The van der Waals surface area contributed by atoms with Crippen molar-refractivity contribution in [3.8, 4) is 0 Å². The fourth-order valence-electron chi connectivity index (χ4n) is 2.54. The van der Waals surface area contributed by atoms with Gasteiger partial charge in [0.15, 0.2) is 5.82 Å². The molecule has 0 saturated heterocycles. The lowest BCUT2D eigenvalue weighted by Crippen LogP contribution is -2.26. The van der Waals surface area contributed by atoms with E-state index in [1.54, 1.807) is 0 Å². The maximum Gasteiger partial charge on any atom is 0.228 e. The minimum atomic E-state index is 0.439. The Hall–Kier alpha value is -0.900. The van der Waals surface area contributed by atoms with Crippen LogP contribution in [0.5, 0.6) is 0 Å². The summed E-state index contributed by atoms with van der Waals surface area (Å²) in [6, 6.07) is 0.439. The lowest BCUT2D eigenvalue weighted by molar-refractivity contribution is 0.345. The van der Waals surface area contributed by atoms with Crippen molar-refractivity contribution in [2.75, 3.05) is 7.05 Å². The second-order valence-electron chi connectivity index (χ2n) is 4.98. The van der Waals surface area contributed by atoms with Crippen LogP contribution in [0.1, 0.15) is 63.1 Å². The zero-order chi connectivity index (χ0) is 12.1. The van der Waals surface area contributed by atoms with Gasteiger partial charge in [0.05, 0.1) is 0 Å². The number of aromatic nitrogens is 2. The summed E-state index contributed by atoms with van der Waals surface area (Å²) in [5.74, 6) is 2.26. The molecule has 1 atom stereocenters. The van der Waals surface area contributed by atoms with Crippen molar-refractivity contribution in [3.05, 3.63) is 11.7 Å². The van der Waals surface area contributed by atoms with E-state index >= 15 is 0 Å². The normalized spacial score (nSPS) is 19.4. The third-order valence-corrected chi connectivity index (χ3v) is 3.78. The summed E-state index contributed by atoms with van der Waals surface area (Å²) in [6.07, 6.45) is 8.35. The first-order valence-corrected chi connectivity index (χ1v) is 6.83. The van der Waals surface area contributed by atoms with Crippen LogP contribution >= 0.6 is 0 Å². The Kier molecular flexibility index (Phi) is 4.54. The molecule has 0 bridgehead atoms. The second-order valence-corrected chi connectivity index (χ2v) is 4.98. The molecule has 0 aromatic carbocycles. The van der Waals surface area contributed by atoms with E-state index in [1.807, 2.05) is 7.05 Å². The zero-order valence-electron chi connectivity index (χ0n) is 10.9. The molecule has 0 amide bonds.